The third-order valence-corrected chi connectivity index (χ3v) is 4.54. The highest BCUT2D eigenvalue weighted by Gasteiger charge is 2.15. The predicted octanol–water partition coefficient (Wildman–Crippen LogP) is 4.96. The number of nitrogens with one attached hydrogen (secondary N) is 1. The molecule has 2 unspecified atom stereocenters. The van der Waals surface area contributed by atoms with Crippen molar-refractivity contribution in [1.29, 1.82) is 0 Å². The number of rotatable bonds is 5. The molecule has 2 rings (SSSR count). The SMILES string of the molecule is CC(Cc1c(F)cccc1F)NC(C)c1ccc(Cl)s1. The van der Waals surface area contributed by atoms with Crippen LogP contribution in [0.3, 0.4) is 0 Å². The Morgan fingerprint density at radius 1 is 1.15 bits per heavy atom. The molecule has 108 valence electrons. The average Bonchev–Trinajstić information content (AvgIpc) is 2.81. The Kier molecular flexibility index (Phi) is 5.13. The van der Waals surface area contributed by atoms with Crippen LogP contribution in [0.4, 0.5) is 8.78 Å². The van der Waals surface area contributed by atoms with E-state index in [-0.39, 0.29) is 17.6 Å². The summed E-state index contributed by atoms with van der Waals surface area (Å²) in [5.41, 5.74) is 0.129. The van der Waals surface area contributed by atoms with Gasteiger partial charge >= 0.3 is 0 Å². The highest BCUT2D eigenvalue weighted by Crippen LogP contribution is 2.27. The van der Waals surface area contributed by atoms with Crippen molar-refractivity contribution >= 4 is 22.9 Å². The Hall–Kier alpha value is -0.970. The molecule has 5 heteroatoms. The molecule has 2 atom stereocenters. The number of hydrogen-bond acceptors (Lipinski definition) is 2. The van der Waals surface area contributed by atoms with Crippen molar-refractivity contribution in [3.05, 3.63) is 56.7 Å². The maximum absolute atomic E-state index is 13.6. The van der Waals surface area contributed by atoms with Crippen LogP contribution in [0.1, 0.15) is 30.3 Å². The molecule has 0 aliphatic rings. The van der Waals surface area contributed by atoms with E-state index in [4.69, 9.17) is 11.6 Å². The largest absolute Gasteiger partial charge is 0.307 e. The van der Waals surface area contributed by atoms with Crippen LogP contribution < -0.4 is 5.32 Å². The van der Waals surface area contributed by atoms with Crippen LogP contribution in [0.25, 0.3) is 0 Å². The lowest BCUT2D eigenvalue weighted by atomic mass is 10.0. The fourth-order valence-electron chi connectivity index (χ4n) is 2.16. The van der Waals surface area contributed by atoms with Crippen molar-refractivity contribution in [3.63, 3.8) is 0 Å². The highest BCUT2D eigenvalue weighted by molar-refractivity contribution is 7.16. The monoisotopic (exact) mass is 315 g/mol. The molecule has 0 saturated heterocycles. The van der Waals surface area contributed by atoms with Crippen LogP contribution in [0.5, 0.6) is 0 Å². The van der Waals surface area contributed by atoms with Gasteiger partial charge in [-0.2, -0.15) is 0 Å². The van der Waals surface area contributed by atoms with Gasteiger partial charge in [-0.05, 0) is 44.5 Å². The smallest absolute Gasteiger partial charge is 0.129 e. The summed E-state index contributed by atoms with van der Waals surface area (Å²) < 4.78 is 27.9. The van der Waals surface area contributed by atoms with E-state index in [0.717, 1.165) is 9.21 Å². The fourth-order valence-corrected chi connectivity index (χ4v) is 3.23. The summed E-state index contributed by atoms with van der Waals surface area (Å²) in [4.78, 5) is 1.11. The predicted molar refractivity (Wildman–Crippen MR) is 80.4 cm³/mol. The van der Waals surface area contributed by atoms with Crippen molar-refractivity contribution in [1.82, 2.24) is 5.32 Å². The number of halogens is 3. The number of benzene rings is 1. The van der Waals surface area contributed by atoms with Crippen LogP contribution in [-0.2, 0) is 6.42 Å². The molecule has 1 aromatic carbocycles. The van der Waals surface area contributed by atoms with E-state index in [1.807, 2.05) is 26.0 Å². The molecular formula is C15H16ClF2NS. The van der Waals surface area contributed by atoms with E-state index in [1.54, 1.807) is 0 Å². The number of hydrogen-bond donors (Lipinski definition) is 1. The first-order valence-corrected chi connectivity index (χ1v) is 7.61. The molecule has 0 amide bonds. The van der Waals surface area contributed by atoms with Gasteiger partial charge in [-0.3, -0.25) is 0 Å². The van der Waals surface area contributed by atoms with Crippen molar-refractivity contribution < 1.29 is 8.78 Å². The molecule has 0 spiro atoms. The van der Waals surface area contributed by atoms with Crippen LogP contribution in [0.2, 0.25) is 4.34 Å². The van der Waals surface area contributed by atoms with Crippen molar-refractivity contribution in [3.8, 4) is 0 Å². The van der Waals surface area contributed by atoms with Gasteiger partial charge in [-0.15, -0.1) is 11.3 Å². The molecule has 0 radical (unpaired) electrons. The highest BCUT2D eigenvalue weighted by atomic mass is 35.5. The Morgan fingerprint density at radius 3 is 2.35 bits per heavy atom. The molecule has 0 aliphatic heterocycles. The zero-order chi connectivity index (χ0) is 14.7. The minimum Gasteiger partial charge on any atom is -0.307 e. The Balaban J connectivity index is 2.00. The van der Waals surface area contributed by atoms with Gasteiger partial charge in [0.05, 0.1) is 4.34 Å². The molecule has 0 aliphatic carbocycles. The standard InChI is InChI=1S/C15H16ClF2NS/c1-9(8-11-12(17)4-3-5-13(11)18)19-10(2)14-6-7-15(16)20-14/h3-7,9-10,19H,8H2,1-2H3. The molecule has 20 heavy (non-hydrogen) atoms. The first-order chi connectivity index (χ1) is 9.47. The first-order valence-electron chi connectivity index (χ1n) is 6.41. The van der Waals surface area contributed by atoms with E-state index in [9.17, 15) is 8.78 Å². The Labute approximate surface area is 126 Å². The molecule has 1 nitrogen and oxygen atoms in total. The topological polar surface area (TPSA) is 12.0 Å². The Bertz CT molecular complexity index is 565. The molecule has 0 saturated carbocycles. The lowest BCUT2D eigenvalue weighted by molar-refractivity contribution is 0.461. The van der Waals surface area contributed by atoms with Gasteiger partial charge in [0.25, 0.3) is 0 Å². The molecule has 1 N–H and O–H groups in total. The van der Waals surface area contributed by atoms with Crippen LogP contribution in [0, 0.1) is 11.6 Å². The third kappa shape index (κ3) is 3.78. The van der Waals surface area contributed by atoms with E-state index in [2.05, 4.69) is 5.32 Å². The zero-order valence-corrected chi connectivity index (χ0v) is 12.9. The van der Waals surface area contributed by atoms with E-state index >= 15 is 0 Å². The molecule has 0 bridgehead atoms. The Morgan fingerprint density at radius 2 is 1.80 bits per heavy atom. The van der Waals surface area contributed by atoms with E-state index < -0.39 is 11.6 Å². The first kappa shape index (κ1) is 15.4. The summed E-state index contributed by atoms with van der Waals surface area (Å²) in [6.45, 7) is 3.92. The average molecular weight is 316 g/mol. The lowest BCUT2D eigenvalue weighted by Gasteiger charge is -2.19. The quantitative estimate of drug-likeness (QED) is 0.822. The minimum absolute atomic E-state index is 0.0442. The van der Waals surface area contributed by atoms with Gasteiger partial charge < -0.3 is 5.32 Å². The van der Waals surface area contributed by atoms with Crippen molar-refractivity contribution in [2.45, 2.75) is 32.4 Å². The maximum Gasteiger partial charge on any atom is 0.129 e. The summed E-state index contributed by atoms with van der Waals surface area (Å²) in [6, 6.07) is 7.81. The van der Waals surface area contributed by atoms with Gasteiger partial charge in [0, 0.05) is 22.5 Å². The van der Waals surface area contributed by atoms with Crippen molar-refractivity contribution in [2.75, 3.05) is 0 Å². The van der Waals surface area contributed by atoms with Crippen molar-refractivity contribution in [2.24, 2.45) is 0 Å². The van der Waals surface area contributed by atoms with Crippen LogP contribution in [0.15, 0.2) is 30.3 Å². The summed E-state index contributed by atoms with van der Waals surface area (Å²) in [7, 11) is 0. The van der Waals surface area contributed by atoms with Gasteiger partial charge in [-0.25, -0.2) is 8.78 Å². The van der Waals surface area contributed by atoms with Gasteiger partial charge in [0.2, 0.25) is 0 Å². The summed E-state index contributed by atoms with van der Waals surface area (Å²) >= 11 is 7.41. The third-order valence-electron chi connectivity index (χ3n) is 3.13. The summed E-state index contributed by atoms with van der Waals surface area (Å²) in [5, 5.41) is 3.33. The lowest BCUT2D eigenvalue weighted by Crippen LogP contribution is -2.30. The molecule has 1 aromatic heterocycles. The fraction of sp³-hybridized carbons (Fsp3) is 0.333. The van der Waals surface area contributed by atoms with Crippen LogP contribution >= 0.6 is 22.9 Å². The second kappa shape index (κ2) is 6.66. The zero-order valence-electron chi connectivity index (χ0n) is 11.3. The summed E-state index contributed by atoms with van der Waals surface area (Å²) in [6.07, 6.45) is 0.307. The van der Waals surface area contributed by atoms with Gasteiger partial charge in [0.1, 0.15) is 11.6 Å². The molecule has 2 aromatic rings. The maximum atomic E-state index is 13.6. The number of thiophene rings is 1. The normalized spacial score (nSPS) is 14.2. The van der Waals surface area contributed by atoms with E-state index in [1.165, 1.54) is 29.5 Å². The summed E-state index contributed by atoms with van der Waals surface area (Å²) in [5.74, 6) is -0.990. The second-order valence-electron chi connectivity index (χ2n) is 4.84. The second-order valence-corrected chi connectivity index (χ2v) is 6.58. The molecular weight excluding hydrogens is 300 g/mol. The van der Waals surface area contributed by atoms with Crippen LogP contribution in [-0.4, -0.2) is 6.04 Å². The van der Waals surface area contributed by atoms with Gasteiger partial charge in [0.15, 0.2) is 0 Å². The van der Waals surface area contributed by atoms with E-state index in [0.29, 0.717) is 6.42 Å². The molecule has 1 heterocycles. The van der Waals surface area contributed by atoms with Gasteiger partial charge in [-0.1, -0.05) is 17.7 Å². The minimum atomic E-state index is -0.495. The molecule has 0 fully saturated rings.